The number of fused-ring (bicyclic) bond motifs is 2. The highest BCUT2D eigenvalue weighted by atomic mass is 16.5. The second kappa shape index (κ2) is 8.90. The smallest absolute Gasteiger partial charge is 0.332 e. The number of ether oxygens (including phenoxy) is 1. The second-order valence-electron chi connectivity index (χ2n) is 7.86. The van der Waals surface area contributed by atoms with Gasteiger partial charge in [0.2, 0.25) is 0 Å². The van der Waals surface area contributed by atoms with Gasteiger partial charge in [0.1, 0.15) is 11.1 Å². The van der Waals surface area contributed by atoms with E-state index in [9.17, 15) is 14.4 Å². The first-order valence-electron chi connectivity index (χ1n) is 10.9. The Morgan fingerprint density at radius 3 is 2.55 bits per heavy atom. The lowest BCUT2D eigenvalue weighted by atomic mass is 10.0. The third-order valence-corrected chi connectivity index (χ3v) is 5.72. The number of pyridine rings is 1. The topological polar surface area (TPSA) is 95.2 Å². The van der Waals surface area contributed by atoms with E-state index in [0.717, 1.165) is 27.3 Å². The number of aryl methyl sites for hydroxylation is 2. The number of rotatable bonds is 6. The van der Waals surface area contributed by atoms with Crippen LogP contribution in [0.2, 0.25) is 0 Å². The average molecular weight is 447 g/mol. The van der Waals surface area contributed by atoms with Crippen molar-refractivity contribution in [2.24, 2.45) is 14.1 Å². The van der Waals surface area contributed by atoms with Crippen molar-refractivity contribution in [1.29, 1.82) is 0 Å². The maximum absolute atomic E-state index is 13.7. The van der Waals surface area contributed by atoms with Crippen molar-refractivity contribution >= 4 is 33.4 Å². The van der Waals surface area contributed by atoms with Gasteiger partial charge < -0.3 is 10.1 Å². The van der Waals surface area contributed by atoms with Crippen LogP contribution < -0.4 is 21.3 Å². The fourth-order valence-corrected chi connectivity index (χ4v) is 4.11. The van der Waals surface area contributed by atoms with E-state index in [2.05, 4.69) is 10.3 Å². The highest BCUT2D eigenvalue weighted by Gasteiger charge is 2.22. The Hall–Kier alpha value is -3.94. The van der Waals surface area contributed by atoms with Crippen molar-refractivity contribution in [2.45, 2.75) is 26.7 Å². The van der Waals surface area contributed by atoms with Gasteiger partial charge in [0.05, 0.1) is 17.9 Å². The van der Waals surface area contributed by atoms with Crippen LogP contribution in [0, 0.1) is 0 Å². The molecule has 0 saturated carbocycles. The predicted molar refractivity (Wildman–Crippen MR) is 129 cm³/mol. The highest BCUT2D eigenvalue weighted by Crippen LogP contribution is 2.31. The van der Waals surface area contributed by atoms with Crippen LogP contribution in [-0.4, -0.2) is 26.6 Å². The summed E-state index contributed by atoms with van der Waals surface area (Å²) in [5.41, 5.74) is 0.737. The van der Waals surface area contributed by atoms with E-state index in [-0.39, 0.29) is 11.0 Å². The molecule has 8 heteroatoms. The molecule has 2 aromatic heterocycles. The molecule has 0 aliphatic carbocycles. The quantitative estimate of drug-likeness (QED) is 0.490. The summed E-state index contributed by atoms with van der Waals surface area (Å²) in [6.07, 6.45) is 3.02. The predicted octanol–water partition coefficient (Wildman–Crippen LogP) is 3.39. The molecule has 0 saturated heterocycles. The van der Waals surface area contributed by atoms with Crippen molar-refractivity contribution in [3.8, 4) is 5.75 Å². The number of hydrogen-bond donors (Lipinski definition) is 1. The molecule has 1 amide bonds. The molecule has 4 aromatic rings. The summed E-state index contributed by atoms with van der Waals surface area (Å²) < 4.78 is 8.10. The van der Waals surface area contributed by atoms with E-state index in [0.29, 0.717) is 30.0 Å². The molecule has 1 N–H and O–H groups in total. The largest absolute Gasteiger partial charge is 0.493 e. The molecule has 170 valence electrons. The van der Waals surface area contributed by atoms with Crippen molar-refractivity contribution in [3.05, 3.63) is 74.6 Å². The Kier molecular flexibility index (Phi) is 6.00. The lowest BCUT2D eigenvalue weighted by Crippen LogP contribution is -2.38. The molecule has 0 atom stereocenters. The zero-order valence-corrected chi connectivity index (χ0v) is 19.1. The van der Waals surface area contributed by atoms with Crippen molar-refractivity contribution in [2.75, 3.05) is 11.9 Å². The molecule has 4 rings (SSSR count). The van der Waals surface area contributed by atoms with E-state index in [1.165, 1.54) is 11.6 Å². The van der Waals surface area contributed by atoms with Crippen LogP contribution in [0.25, 0.3) is 21.8 Å². The summed E-state index contributed by atoms with van der Waals surface area (Å²) in [6, 6.07) is 11.3. The van der Waals surface area contributed by atoms with Gasteiger partial charge in [0, 0.05) is 20.3 Å². The van der Waals surface area contributed by atoms with Gasteiger partial charge in [0.25, 0.3) is 11.5 Å². The zero-order valence-electron chi connectivity index (χ0n) is 19.1. The molecule has 0 bridgehead atoms. The molecular weight excluding hydrogens is 420 g/mol. The molecule has 2 heterocycles. The fourth-order valence-electron chi connectivity index (χ4n) is 4.11. The molecule has 33 heavy (non-hydrogen) atoms. The van der Waals surface area contributed by atoms with E-state index >= 15 is 0 Å². The van der Waals surface area contributed by atoms with Gasteiger partial charge in [0.15, 0.2) is 5.65 Å². The SMILES string of the molecule is CCCc1cnc2c(c1NC(=O)c1c(OCC)ccc3ccccc13)c(=O)n(C)c(=O)n2C. The van der Waals surface area contributed by atoms with Gasteiger partial charge in [-0.1, -0.05) is 43.7 Å². The molecule has 0 aliphatic heterocycles. The number of aromatic nitrogens is 3. The van der Waals surface area contributed by atoms with E-state index in [4.69, 9.17) is 4.74 Å². The first-order valence-corrected chi connectivity index (χ1v) is 10.9. The summed E-state index contributed by atoms with van der Waals surface area (Å²) in [7, 11) is 2.97. The first kappa shape index (κ1) is 22.3. The van der Waals surface area contributed by atoms with Crippen LogP contribution in [0.5, 0.6) is 5.75 Å². The van der Waals surface area contributed by atoms with Crippen LogP contribution in [0.3, 0.4) is 0 Å². The summed E-state index contributed by atoms with van der Waals surface area (Å²) >= 11 is 0. The highest BCUT2D eigenvalue weighted by molar-refractivity contribution is 6.17. The van der Waals surface area contributed by atoms with Crippen LogP contribution in [0.15, 0.2) is 52.2 Å². The molecule has 0 fully saturated rings. The van der Waals surface area contributed by atoms with Crippen molar-refractivity contribution in [1.82, 2.24) is 14.1 Å². The fraction of sp³-hybridized carbons (Fsp3) is 0.280. The van der Waals surface area contributed by atoms with Gasteiger partial charge in [-0.25, -0.2) is 9.78 Å². The van der Waals surface area contributed by atoms with Gasteiger partial charge in [-0.15, -0.1) is 0 Å². The zero-order chi connectivity index (χ0) is 23.7. The number of carbonyl (C=O) groups excluding carboxylic acids is 1. The number of nitrogens with one attached hydrogen (secondary N) is 1. The number of nitrogens with zero attached hydrogens (tertiary/aromatic N) is 3. The van der Waals surface area contributed by atoms with Crippen molar-refractivity contribution in [3.63, 3.8) is 0 Å². The van der Waals surface area contributed by atoms with Gasteiger partial charge in [-0.3, -0.25) is 18.7 Å². The number of benzene rings is 2. The van der Waals surface area contributed by atoms with E-state index in [1.807, 2.05) is 44.2 Å². The lowest BCUT2D eigenvalue weighted by molar-refractivity contribution is 0.102. The third-order valence-electron chi connectivity index (χ3n) is 5.72. The Balaban J connectivity index is 1.97. The first-order chi connectivity index (χ1) is 15.9. The minimum Gasteiger partial charge on any atom is -0.493 e. The Labute approximate surface area is 190 Å². The molecule has 0 radical (unpaired) electrons. The van der Waals surface area contributed by atoms with Gasteiger partial charge in [-0.05, 0) is 35.7 Å². The summed E-state index contributed by atoms with van der Waals surface area (Å²) in [4.78, 5) is 43.6. The number of anilines is 1. The van der Waals surface area contributed by atoms with E-state index < -0.39 is 17.2 Å². The normalized spacial score (nSPS) is 11.2. The van der Waals surface area contributed by atoms with Crippen LogP contribution in [0.4, 0.5) is 5.69 Å². The standard InChI is InChI=1S/C25H26N4O4/c1-5-9-16-14-26-22-20(24(31)29(4)25(32)28(22)3)21(16)27-23(30)19-17-11-8-7-10-15(17)12-13-18(19)33-6-2/h7-8,10-14H,5-6,9H2,1-4H3,(H,26,27,30). The lowest BCUT2D eigenvalue weighted by Gasteiger charge is -2.17. The second-order valence-corrected chi connectivity index (χ2v) is 7.86. The van der Waals surface area contributed by atoms with Crippen LogP contribution in [0.1, 0.15) is 36.2 Å². The Morgan fingerprint density at radius 1 is 1.06 bits per heavy atom. The monoisotopic (exact) mass is 446 g/mol. The average Bonchev–Trinajstić information content (AvgIpc) is 2.82. The minimum atomic E-state index is -0.503. The number of amides is 1. The Bertz CT molecular complexity index is 1500. The molecule has 0 aliphatic rings. The minimum absolute atomic E-state index is 0.206. The van der Waals surface area contributed by atoms with Crippen LogP contribution >= 0.6 is 0 Å². The molecular formula is C25H26N4O4. The number of hydrogen-bond acceptors (Lipinski definition) is 5. The maximum atomic E-state index is 13.7. The van der Waals surface area contributed by atoms with E-state index in [1.54, 1.807) is 19.3 Å². The Morgan fingerprint density at radius 2 is 1.82 bits per heavy atom. The molecule has 2 aromatic carbocycles. The van der Waals surface area contributed by atoms with Crippen LogP contribution in [-0.2, 0) is 20.5 Å². The maximum Gasteiger partial charge on any atom is 0.332 e. The summed E-state index contributed by atoms with van der Waals surface area (Å²) in [5.74, 6) is 0.0698. The molecule has 8 nitrogen and oxygen atoms in total. The summed E-state index contributed by atoms with van der Waals surface area (Å²) in [6.45, 7) is 4.27. The summed E-state index contributed by atoms with van der Waals surface area (Å²) in [5, 5.41) is 4.83. The molecule has 0 spiro atoms. The van der Waals surface area contributed by atoms with Crippen molar-refractivity contribution < 1.29 is 9.53 Å². The number of carbonyl (C=O) groups is 1. The molecule has 0 unspecified atom stereocenters. The van der Waals surface area contributed by atoms with Gasteiger partial charge in [-0.2, -0.15) is 0 Å². The van der Waals surface area contributed by atoms with Gasteiger partial charge >= 0.3 is 5.69 Å². The third kappa shape index (κ3) is 3.77.